The Labute approximate surface area is 181 Å². The van der Waals surface area contributed by atoms with E-state index in [1.807, 2.05) is 12.1 Å². The summed E-state index contributed by atoms with van der Waals surface area (Å²) in [6.45, 7) is 0. The fourth-order valence-corrected chi connectivity index (χ4v) is 4.09. The van der Waals surface area contributed by atoms with Crippen LogP contribution < -0.4 is 4.72 Å². The molecule has 1 aliphatic rings. The molecule has 0 amide bonds. The number of hydrogen-bond donors (Lipinski definition) is 1. The van der Waals surface area contributed by atoms with Crippen molar-refractivity contribution in [2.75, 3.05) is 4.72 Å². The Balaban J connectivity index is 1.61. The number of carbonyl (C=O) groups excluding carboxylic acids is 1. The molecule has 148 valence electrons. The lowest BCUT2D eigenvalue weighted by Gasteiger charge is -2.21. The molecule has 4 nitrogen and oxygen atoms in total. The van der Waals surface area contributed by atoms with Gasteiger partial charge in [0.05, 0.1) is 16.3 Å². The molecule has 7 heteroatoms. The fraction of sp³-hybridized carbons (Fsp3) is 0.0435. The minimum atomic E-state index is -1.74. The number of aromatic nitrogens is 1. The molecular weight excluding hydrogens is 423 g/mol. The largest absolute Gasteiger partial charge is 0.588 e. The van der Waals surface area contributed by atoms with Crippen molar-refractivity contribution in [1.29, 1.82) is 0 Å². The zero-order chi connectivity index (χ0) is 21.1. The molecule has 1 unspecified atom stereocenters. The molecule has 0 aliphatic carbocycles. The van der Waals surface area contributed by atoms with Gasteiger partial charge in [-0.3, -0.25) is 9.78 Å². The van der Waals surface area contributed by atoms with E-state index in [2.05, 4.69) is 21.5 Å². The molecule has 2 aromatic carbocycles. The van der Waals surface area contributed by atoms with Gasteiger partial charge in [-0.05, 0) is 53.6 Å². The lowest BCUT2D eigenvalue weighted by molar-refractivity contribution is 0.104. The summed E-state index contributed by atoms with van der Waals surface area (Å²) in [5.41, 5.74) is 3.07. The van der Waals surface area contributed by atoms with E-state index in [4.69, 9.17) is 11.6 Å². The highest BCUT2D eigenvalue weighted by Gasteiger charge is 2.33. The number of allylic oxidation sites excluding steroid dienone is 1. The second kappa shape index (κ2) is 8.72. The number of Topliss-reactive ketones (excluding diaryl/α,β-unsaturated/α-hetero) is 1. The molecule has 1 atom stereocenters. The van der Waals surface area contributed by atoms with Gasteiger partial charge in [-0.1, -0.05) is 29.5 Å². The normalized spacial score (nSPS) is 16.4. The van der Waals surface area contributed by atoms with Gasteiger partial charge in [-0.15, -0.1) is 0 Å². The minimum Gasteiger partial charge on any atom is -0.588 e. The van der Waals surface area contributed by atoms with Gasteiger partial charge in [-0.25, -0.2) is 9.11 Å². The average Bonchev–Trinajstić information content (AvgIpc) is 2.75. The smallest absolute Gasteiger partial charge is 0.245 e. The van der Waals surface area contributed by atoms with Gasteiger partial charge in [0.15, 0.2) is 0 Å². The molecule has 1 aromatic heterocycles. The molecular formula is C23H14ClFN2O2S. The van der Waals surface area contributed by atoms with Crippen molar-refractivity contribution in [2.24, 2.45) is 0 Å². The molecule has 0 saturated heterocycles. The number of anilines is 1. The van der Waals surface area contributed by atoms with Crippen LogP contribution in [0.1, 0.15) is 27.0 Å². The molecule has 3 aromatic rings. The van der Waals surface area contributed by atoms with Crippen LogP contribution in [0, 0.1) is 17.7 Å². The predicted molar refractivity (Wildman–Crippen MR) is 117 cm³/mol. The standard InChI is InChI=1S/C23H14ClFN2O2S/c24-19-13-17(4-6-20(19)25)14-22-23(28)18-12-16(5-7-21(18)27-30(22)29)3-1-2-15-8-10-26-11-9-15/h4-14,27H,2H2/b22-14-. The van der Waals surface area contributed by atoms with Crippen LogP contribution in [0.4, 0.5) is 10.1 Å². The monoisotopic (exact) mass is 436 g/mol. The summed E-state index contributed by atoms with van der Waals surface area (Å²) in [5.74, 6) is 5.19. The van der Waals surface area contributed by atoms with Crippen LogP contribution in [-0.2, 0) is 17.8 Å². The summed E-state index contributed by atoms with van der Waals surface area (Å²) in [6, 6.07) is 13.0. The van der Waals surface area contributed by atoms with Crippen molar-refractivity contribution in [1.82, 2.24) is 4.98 Å². The number of rotatable bonds is 2. The highest BCUT2D eigenvalue weighted by atomic mass is 35.5. The van der Waals surface area contributed by atoms with Crippen molar-refractivity contribution in [3.8, 4) is 11.8 Å². The second-order valence-corrected chi connectivity index (χ2v) is 8.07. The maximum absolute atomic E-state index is 13.4. The summed E-state index contributed by atoms with van der Waals surface area (Å²) in [7, 11) is 0. The lowest BCUT2D eigenvalue weighted by Crippen LogP contribution is -2.27. The van der Waals surface area contributed by atoms with Crippen molar-refractivity contribution >= 4 is 40.5 Å². The van der Waals surface area contributed by atoms with Crippen LogP contribution in [0.5, 0.6) is 0 Å². The van der Waals surface area contributed by atoms with Crippen LogP contribution in [0.2, 0.25) is 5.02 Å². The van der Waals surface area contributed by atoms with Crippen LogP contribution in [0.25, 0.3) is 6.08 Å². The van der Waals surface area contributed by atoms with Crippen LogP contribution >= 0.6 is 11.6 Å². The number of halogens is 2. The van der Waals surface area contributed by atoms with E-state index in [1.54, 1.807) is 30.6 Å². The predicted octanol–water partition coefficient (Wildman–Crippen LogP) is 4.78. The summed E-state index contributed by atoms with van der Waals surface area (Å²) in [5, 5.41) is -0.0708. The fourth-order valence-electron chi connectivity index (χ4n) is 2.89. The molecule has 4 rings (SSSR count). The number of nitrogens with one attached hydrogen (secondary N) is 1. The molecule has 0 spiro atoms. The quantitative estimate of drug-likeness (QED) is 0.356. The van der Waals surface area contributed by atoms with E-state index in [9.17, 15) is 13.7 Å². The zero-order valence-electron chi connectivity index (χ0n) is 15.5. The van der Waals surface area contributed by atoms with Gasteiger partial charge >= 0.3 is 0 Å². The second-order valence-electron chi connectivity index (χ2n) is 6.48. The van der Waals surface area contributed by atoms with E-state index < -0.39 is 17.2 Å². The molecule has 0 saturated carbocycles. The summed E-state index contributed by atoms with van der Waals surface area (Å²) < 4.78 is 28.7. The lowest BCUT2D eigenvalue weighted by atomic mass is 10.0. The van der Waals surface area contributed by atoms with Gasteiger partial charge in [0.1, 0.15) is 17.2 Å². The van der Waals surface area contributed by atoms with Gasteiger partial charge in [-0.2, -0.15) is 0 Å². The number of fused-ring (bicyclic) bond motifs is 1. The van der Waals surface area contributed by atoms with E-state index in [1.165, 1.54) is 24.3 Å². The first kappa shape index (κ1) is 20.2. The Morgan fingerprint density at radius 3 is 2.73 bits per heavy atom. The van der Waals surface area contributed by atoms with Gasteiger partial charge < -0.3 is 4.55 Å². The third kappa shape index (κ3) is 4.39. The number of ketones is 1. The first-order chi connectivity index (χ1) is 14.5. The summed E-state index contributed by atoms with van der Waals surface area (Å²) >= 11 is 4.06. The Bertz CT molecular complexity index is 1220. The van der Waals surface area contributed by atoms with E-state index in [0.717, 1.165) is 5.56 Å². The third-order valence-corrected chi connectivity index (χ3v) is 5.80. The molecule has 1 aliphatic heterocycles. The third-order valence-electron chi connectivity index (χ3n) is 4.41. The molecule has 30 heavy (non-hydrogen) atoms. The van der Waals surface area contributed by atoms with E-state index >= 15 is 0 Å². The van der Waals surface area contributed by atoms with Crippen LogP contribution in [-0.4, -0.2) is 15.3 Å². The number of carbonyl (C=O) groups is 1. The maximum atomic E-state index is 13.4. The van der Waals surface area contributed by atoms with Crippen molar-refractivity contribution < 1.29 is 13.7 Å². The Hall–Kier alpha value is -3.11. The highest BCUT2D eigenvalue weighted by molar-refractivity contribution is 7.97. The SMILES string of the molecule is O=C1/C(=C/c2ccc(F)c(Cl)c2)[S+]([O-])Nc2ccc(C#CCc3ccncc3)cc21. The number of hydrogen-bond acceptors (Lipinski definition) is 4. The molecule has 0 radical (unpaired) electrons. The van der Waals surface area contributed by atoms with Crippen molar-refractivity contribution in [3.63, 3.8) is 0 Å². The first-order valence-corrected chi connectivity index (χ1v) is 10.5. The number of pyridine rings is 1. The van der Waals surface area contributed by atoms with Gasteiger partial charge in [0.2, 0.25) is 10.7 Å². The molecule has 2 heterocycles. The van der Waals surface area contributed by atoms with Crippen molar-refractivity contribution in [3.05, 3.63) is 98.9 Å². The summed E-state index contributed by atoms with van der Waals surface area (Å²) in [4.78, 5) is 17.0. The number of nitrogens with zero attached hydrogens (tertiary/aromatic N) is 1. The van der Waals surface area contributed by atoms with E-state index in [0.29, 0.717) is 28.8 Å². The van der Waals surface area contributed by atoms with Crippen molar-refractivity contribution in [2.45, 2.75) is 6.42 Å². The van der Waals surface area contributed by atoms with E-state index in [-0.39, 0.29) is 15.7 Å². The van der Waals surface area contributed by atoms with Gasteiger partial charge in [0, 0.05) is 30.5 Å². The Morgan fingerprint density at radius 1 is 1.17 bits per heavy atom. The van der Waals surface area contributed by atoms with Gasteiger partial charge in [0.25, 0.3) is 0 Å². The average molecular weight is 437 g/mol. The highest BCUT2D eigenvalue weighted by Crippen LogP contribution is 2.31. The minimum absolute atomic E-state index is 0.0621. The Kier molecular flexibility index (Phi) is 5.86. The maximum Gasteiger partial charge on any atom is 0.245 e. The van der Waals surface area contributed by atoms with Crippen LogP contribution in [0.15, 0.2) is 65.8 Å². The Morgan fingerprint density at radius 2 is 1.97 bits per heavy atom. The van der Waals surface area contributed by atoms with Crippen LogP contribution in [0.3, 0.4) is 0 Å². The summed E-state index contributed by atoms with van der Waals surface area (Å²) in [6.07, 6.45) is 5.43. The number of benzene rings is 2. The molecule has 0 fully saturated rings. The molecule has 1 N–H and O–H groups in total. The zero-order valence-corrected chi connectivity index (χ0v) is 17.1. The molecule has 0 bridgehead atoms. The first-order valence-electron chi connectivity index (χ1n) is 8.93. The topological polar surface area (TPSA) is 65.0 Å².